The number of aromatic nitrogens is 1. The van der Waals surface area contributed by atoms with Gasteiger partial charge in [0.25, 0.3) is 5.91 Å². The Morgan fingerprint density at radius 1 is 1.18 bits per heavy atom. The first-order valence-electron chi connectivity index (χ1n) is 11.9. The van der Waals surface area contributed by atoms with Crippen LogP contribution < -0.4 is 20.1 Å². The van der Waals surface area contributed by atoms with E-state index in [0.717, 1.165) is 19.3 Å². The molecule has 2 aliphatic carbocycles. The number of hydrogen-bond acceptors (Lipinski definition) is 6. The van der Waals surface area contributed by atoms with Crippen molar-refractivity contribution >= 4 is 22.1 Å². The molecule has 0 unspecified atom stereocenters. The molecule has 1 aromatic rings. The van der Waals surface area contributed by atoms with Crippen LogP contribution in [0.5, 0.6) is 5.88 Å². The predicted octanol–water partition coefficient (Wildman–Crippen LogP) is 1.68. The summed E-state index contributed by atoms with van der Waals surface area (Å²) < 4.78 is 33.8. The van der Waals surface area contributed by atoms with Crippen molar-refractivity contribution in [2.45, 2.75) is 32.1 Å². The van der Waals surface area contributed by atoms with Crippen molar-refractivity contribution in [2.75, 3.05) is 33.3 Å². The molecular weight excluding hydrogens is 458 g/mol. The number of carbonyl (C=O) groups is 2. The minimum Gasteiger partial charge on any atom is -0.480 e. The first-order chi connectivity index (χ1) is 16.4. The molecule has 4 rings (SSSR count). The van der Waals surface area contributed by atoms with Crippen LogP contribution in [0.2, 0.25) is 0 Å². The maximum absolute atomic E-state index is 12.6. The Morgan fingerprint density at radius 3 is 2.65 bits per heavy atom. The first-order valence-corrected chi connectivity index (χ1v) is 13.3. The molecule has 10 nitrogen and oxygen atoms in total. The molecule has 11 heteroatoms. The smallest absolute Gasteiger partial charge is 0.329 e. The summed E-state index contributed by atoms with van der Waals surface area (Å²) >= 11 is 0. The number of amides is 3. The molecule has 3 atom stereocenters. The predicted molar refractivity (Wildman–Crippen MR) is 126 cm³/mol. The van der Waals surface area contributed by atoms with Crippen LogP contribution >= 0.6 is 0 Å². The molecule has 3 aliphatic rings. The number of fused-ring (bicyclic) bond motifs is 2. The van der Waals surface area contributed by atoms with E-state index in [4.69, 9.17) is 4.74 Å². The highest BCUT2D eigenvalue weighted by atomic mass is 32.2. The van der Waals surface area contributed by atoms with E-state index in [-0.39, 0.29) is 11.8 Å². The SMILES string of the molecule is COc1ncccc1C(=O)NCCC1CCN(S(=O)(=O)NC(=O)NC[C@H]2C[C@@H]3C=C[C@@H]2C3)CC1. The summed E-state index contributed by atoms with van der Waals surface area (Å²) in [5.41, 5.74) is 0.382. The average molecular weight is 492 g/mol. The standard InChI is InChI=1S/C23H33N5O5S/c1-33-22-20(3-2-9-25-22)21(29)24-10-6-16-7-11-28(12-8-16)34(31,32)27-23(30)26-15-19-14-17-4-5-18(19)13-17/h2-5,9,16-19H,6-8,10-15H2,1H3,(H,24,29)(H2,26,27,30)/t17-,18-,19-/m1/s1. The highest BCUT2D eigenvalue weighted by Crippen LogP contribution is 2.42. The van der Waals surface area contributed by atoms with E-state index >= 15 is 0 Å². The third kappa shape index (κ3) is 5.87. The first kappa shape index (κ1) is 24.5. The molecule has 0 aromatic carbocycles. The van der Waals surface area contributed by atoms with E-state index in [1.54, 1.807) is 18.3 Å². The van der Waals surface area contributed by atoms with Gasteiger partial charge in [-0.1, -0.05) is 12.2 Å². The monoisotopic (exact) mass is 491 g/mol. The van der Waals surface area contributed by atoms with Gasteiger partial charge in [0.2, 0.25) is 5.88 Å². The van der Waals surface area contributed by atoms with Crippen LogP contribution in [-0.2, 0) is 10.2 Å². The summed E-state index contributed by atoms with van der Waals surface area (Å²) in [6.45, 7) is 1.66. The number of hydrogen-bond donors (Lipinski definition) is 3. The average Bonchev–Trinajstić information content (AvgIpc) is 3.46. The van der Waals surface area contributed by atoms with Gasteiger partial charge in [-0.05, 0) is 67.9 Å². The lowest BCUT2D eigenvalue weighted by atomic mass is 9.94. The molecule has 1 aromatic heterocycles. The quantitative estimate of drug-likeness (QED) is 0.451. The number of urea groups is 1. The van der Waals surface area contributed by atoms with Gasteiger partial charge in [-0.2, -0.15) is 12.7 Å². The van der Waals surface area contributed by atoms with Crippen LogP contribution in [0, 0.1) is 23.7 Å². The van der Waals surface area contributed by atoms with Gasteiger partial charge in [-0.3, -0.25) is 4.79 Å². The van der Waals surface area contributed by atoms with E-state index in [1.165, 1.54) is 11.4 Å². The number of nitrogens with zero attached hydrogens (tertiary/aromatic N) is 2. The zero-order valence-electron chi connectivity index (χ0n) is 19.4. The van der Waals surface area contributed by atoms with E-state index in [0.29, 0.717) is 68.3 Å². The maximum Gasteiger partial charge on any atom is 0.329 e. The summed E-state index contributed by atoms with van der Waals surface area (Å²) in [7, 11) is -2.40. The fraction of sp³-hybridized carbons (Fsp3) is 0.609. The van der Waals surface area contributed by atoms with E-state index in [2.05, 4.69) is 32.5 Å². The molecule has 2 heterocycles. The molecule has 1 saturated heterocycles. The van der Waals surface area contributed by atoms with E-state index in [9.17, 15) is 18.0 Å². The second kappa shape index (κ2) is 10.7. The normalized spacial score (nSPS) is 24.7. The van der Waals surface area contributed by atoms with Crippen LogP contribution in [-0.4, -0.2) is 62.9 Å². The van der Waals surface area contributed by atoms with E-state index in [1.807, 2.05) is 0 Å². The van der Waals surface area contributed by atoms with Gasteiger partial charge >= 0.3 is 16.2 Å². The lowest BCUT2D eigenvalue weighted by molar-refractivity contribution is 0.0946. The van der Waals surface area contributed by atoms with Crippen LogP contribution in [0.15, 0.2) is 30.5 Å². The van der Waals surface area contributed by atoms with Crippen molar-refractivity contribution in [2.24, 2.45) is 23.7 Å². The number of methoxy groups -OCH3 is 1. The van der Waals surface area contributed by atoms with Gasteiger partial charge in [0.15, 0.2) is 0 Å². The Labute approximate surface area is 200 Å². The van der Waals surface area contributed by atoms with Crippen molar-refractivity contribution in [3.63, 3.8) is 0 Å². The summed E-state index contributed by atoms with van der Waals surface area (Å²) in [5, 5.41) is 5.61. The molecule has 0 spiro atoms. The topological polar surface area (TPSA) is 130 Å². The van der Waals surface area contributed by atoms with Gasteiger partial charge in [0.05, 0.1) is 7.11 Å². The molecule has 1 aliphatic heterocycles. The minimum atomic E-state index is -3.87. The number of rotatable bonds is 9. The minimum absolute atomic E-state index is 0.248. The summed E-state index contributed by atoms with van der Waals surface area (Å²) in [6, 6.07) is 2.67. The second-order valence-corrected chi connectivity index (χ2v) is 11.0. The van der Waals surface area contributed by atoms with Crippen LogP contribution in [0.25, 0.3) is 0 Å². The van der Waals surface area contributed by atoms with Crippen molar-refractivity contribution in [3.8, 4) is 5.88 Å². The van der Waals surface area contributed by atoms with Crippen molar-refractivity contribution in [3.05, 3.63) is 36.0 Å². The van der Waals surface area contributed by atoms with E-state index < -0.39 is 16.2 Å². The Morgan fingerprint density at radius 2 is 1.97 bits per heavy atom. The zero-order chi connectivity index (χ0) is 24.1. The zero-order valence-corrected chi connectivity index (χ0v) is 20.2. The van der Waals surface area contributed by atoms with Crippen molar-refractivity contribution in [1.82, 2.24) is 24.6 Å². The van der Waals surface area contributed by atoms with Gasteiger partial charge in [-0.15, -0.1) is 0 Å². The third-order valence-corrected chi connectivity index (χ3v) is 8.61. The van der Waals surface area contributed by atoms with Crippen molar-refractivity contribution in [1.29, 1.82) is 0 Å². The molecule has 0 radical (unpaired) electrons. The molecule has 186 valence electrons. The van der Waals surface area contributed by atoms with Gasteiger partial charge in [0.1, 0.15) is 5.56 Å². The molecular formula is C23H33N5O5S. The summed E-state index contributed by atoms with van der Waals surface area (Å²) in [5.74, 6) is 1.82. The van der Waals surface area contributed by atoms with Crippen LogP contribution in [0.1, 0.15) is 42.5 Å². The van der Waals surface area contributed by atoms with Gasteiger partial charge < -0.3 is 15.4 Å². The maximum atomic E-state index is 12.6. The highest BCUT2D eigenvalue weighted by Gasteiger charge is 2.36. The fourth-order valence-corrected chi connectivity index (χ4v) is 6.35. The van der Waals surface area contributed by atoms with Crippen LogP contribution in [0.4, 0.5) is 4.79 Å². The summed E-state index contributed by atoms with van der Waals surface area (Å²) in [4.78, 5) is 28.6. The Balaban J connectivity index is 1.15. The number of ether oxygens (including phenoxy) is 1. The number of piperidine rings is 1. The largest absolute Gasteiger partial charge is 0.480 e. The Bertz CT molecular complexity index is 1020. The molecule has 3 N–H and O–H groups in total. The molecule has 3 amide bonds. The number of allylic oxidation sites excluding steroid dienone is 2. The molecule has 2 bridgehead atoms. The Hall–Kier alpha value is -2.66. The van der Waals surface area contributed by atoms with Gasteiger partial charge in [0, 0.05) is 32.4 Å². The van der Waals surface area contributed by atoms with Gasteiger partial charge in [-0.25, -0.2) is 14.5 Å². The lowest BCUT2D eigenvalue weighted by Gasteiger charge is -2.31. The summed E-state index contributed by atoms with van der Waals surface area (Å²) in [6.07, 6.45) is 10.3. The molecule has 34 heavy (non-hydrogen) atoms. The second-order valence-electron chi connectivity index (χ2n) is 9.30. The number of nitrogens with one attached hydrogen (secondary N) is 3. The van der Waals surface area contributed by atoms with Crippen molar-refractivity contribution < 1.29 is 22.7 Å². The lowest BCUT2D eigenvalue weighted by Crippen LogP contribution is -2.50. The number of pyridine rings is 1. The third-order valence-electron chi connectivity index (χ3n) is 7.12. The number of carbonyl (C=O) groups excluding carboxylic acids is 2. The fourth-order valence-electron chi connectivity index (χ4n) is 5.22. The molecule has 2 fully saturated rings. The van der Waals surface area contributed by atoms with Crippen LogP contribution in [0.3, 0.4) is 0 Å². The highest BCUT2D eigenvalue weighted by molar-refractivity contribution is 7.87. The Kier molecular flexibility index (Phi) is 7.72. The molecule has 1 saturated carbocycles.